The standard InChI is InChI=1S/C9H12N2O/c1-4-7-10-9(12)11-8(5-2)6-3/h1-2,8H,6-7H2,3H3,(H2,10,11,12). The zero-order valence-corrected chi connectivity index (χ0v) is 7.05. The SMILES string of the molecule is C#CCNC(=O)NC(C#C)CC. The molecule has 0 bridgehead atoms. The van der Waals surface area contributed by atoms with E-state index in [1.165, 1.54) is 0 Å². The molecule has 0 fully saturated rings. The molecular formula is C9H12N2O. The molecule has 0 aromatic heterocycles. The summed E-state index contributed by atoms with van der Waals surface area (Å²) in [4.78, 5) is 10.9. The van der Waals surface area contributed by atoms with E-state index in [-0.39, 0.29) is 18.6 Å². The van der Waals surface area contributed by atoms with E-state index < -0.39 is 0 Å². The number of hydrogen-bond acceptors (Lipinski definition) is 1. The molecule has 0 aliphatic rings. The van der Waals surface area contributed by atoms with Crippen molar-refractivity contribution in [1.82, 2.24) is 10.6 Å². The van der Waals surface area contributed by atoms with Crippen molar-refractivity contribution in [3.05, 3.63) is 0 Å². The Morgan fingerprint density at radius 3 is 2.67 bits per heavy atom. The number of carbonyl (C=O) groups is 1. The number of terminal acetylenes is 2. The van der Waals surface area contributed by atoms with Gasteiger partial charge in [-0.25, -0.2) is 4.79 Å². The van der Waals surface area contributed by atoms with Crippen molar-refractivity contribution in [3.63, 3.8) is 0 Å². The van der Waals surface area contributed by atoms with Crippen LogP contribution in [0.1, 0.15) is 13.3 Å². The topological polar surface area (TPSA) is 41.1 Å². The average Bonchev–Trinajstić information content (AvgIpc) is 2.10. The first-order valence-corrected chi connectivity index (χ1v) is 3.68. The second-order valence-electron chi connectivity index (χ2n) is 2.16. The fourth-order valence-corrected chi connectivity index (χ4v) is 0.602. The van der Waals surface area contributed by atoms with Crippen molar-refractivity contribution in [2.24, 2.45) is 0 Å². The van der Waals surface area contributed by atoms with Gasteiger partial charge < -0.3 is 10.6 Å². The van der Waals surface area contributed by atoms with Gasteiger partial charge in [-0.1, -0.05) is 18.8 Å². The van der Waals surface area contributed by atoms with Crippen molar-refractivity contribution in [2.45, 2.75) is 19.4 Å². The minimum atomic E-state index is -0.322. The molecule has 0 heterocycles. The Bertz CT molecular complexity index is 222. The molecule has 12 heavy (non-hydrogen) atoms. The van der Waals surface area contributed by atoms with Gasteiger partial charge in [-0.2, -0.15) is 0 Å². The van der Waals surface area contributed by atoms with E-state index in [1.54, 1.807) is 0 Å². The summed E-state index contributed by atoms with van der Waals surface area (Å²) < 4.78 is 0. The Morgan fingerprint density at radius 1 is 1.58 bits per heavy atom. The van der Waals surface area contributed by atoms with Crippen molar-refractivity contribution in [3.8, 4) is 24.7 Å². The molecule has 3 nitrogen and oxygen atoms in total. The fourth-order valence-electron chi connectivity index (χ4n) is 0.602. The molecule has 0 aromatic rings. The fraction of sp³-hybridized carbons (Fsp3) is 0.444. The van der Waals surface area contributed by atoms with Crippen molar-refractivity contribution < 1.29 is 4.79 Å². The molecule has 1 unspecified atom stereocenters. The second-order valence-corrected chi connectivity index (χ2v) is 2.16. The average molecular weight is 164 g/mol. The van der Waals surface area contributed by atoms with E-state index in [2.05, 4.69) is 22.5 Å². The van der Waals surface area contributed by atoms with E-state index in [0.717, 1.165) is 0 Å². The van der Waals surface area contributed by atoms with Crippen LogP contribution in [0.2, 0.25) is 0 Å². The van der Waals surface area contributed by atoms with Crippen LogP contribution in [-0.2, 0) is 0 Å². The third-order valence-corrected chi connectivity index (χ3v) is 1.27. The maximum absolute atomic E-state index is 10.9. The maximum Gasteiger partial charge on any atom is 0.316 e. The number of rotatable bonds is 3. The quantitative estimate of drug-likeness (QED) is 0.580. The summed E-state index contributed by atoms with van der Waals surface area (Å²) in [6.07, 6.45) is 10.8. The molecule has 0 saturated carbocycles. The molecule has 1 atom stereocenters. The summed E-state index contributed by atoms with van der Waals surface area (Å²) in [7, 11) is 0. The molecule has 0 aliphatic heterocycles. The van der Waals surface area contributed by atoms with E-state index in [0.29, 0.717) is 6.42 Å². The van der Waals surface area contributed by atoms with Crippen molar-refractivity contribution in [2.75, 3.05) is 6.54 Å². The minimum absolute atomic E-state index is 0.215. The molecule has 2 N–H and O–H groups in total. The second kappa shape index (κ2) is 6.12. The summed E-state index contributed by atoms with van der Waals surface area (Å²) in [5, 5.41) is 5.02. The highest BCUT2D eigenvalue weighted by atomic mass is 16.2. The summed E-state index contributed by atoms with van der Waals surface area (Å²) in [5.41, 5.74) is 0. The van der Waals surface area contributed by atoms with E-state index in [1.807, 2.05) is 6.92 Å². The van der Waals surface area contributed by atoms with Crippen LogP contribution < -0.4 is 10.6 Å². The molecule has 3 heteroatoms. The highest BCUT2D eigenvalue weighted by Crippen LogP contribution is 1.86. The lowest BCUT2D eigenvalue weighted by Gasteiger charge is -2.09. The highest BCUT2D eigenvalue weighted by molar-refractivity contribution is 5.74. The largest absolute Gasteiger partial charge is 0.327 e. The molecule has 64 valence electrons. The van der Waals surface area contributed by atoms with Gasteiger partial charge in [0, 0.05) is 0 Å². The van der Waals surface area contributed by atoms with Crippen LogP contribution in [0.4, 0.5) is 4.79 Å². The Morgan fingerprint density at radius 2 is 2.25 bits per heavy atom. The van der Waals surface area contributed by atoms with Gasteiger partial charge in [0.2, 0.25) is 0 Å². The van der Waals surface area contributed by atoms with Gasteiger partial charge in [0.05, 0.1) is 12.6 Å². The molecule has 0 spiro atoms. The first kappa shape index (κ1) is 10.4. The lowest BCUT2D eigenvalue weighted by atomic mass is 10.2. The molecule has 0 saturated heterocycles. The summed E-state index contributed by atoms with van der Waals surface area (Å²) in [6.45, 7) is 2.11. The van der Waals surface area contributed by atoms with Gasteiger partial charge in [0.15, 0.2) is 0 Å². The van der Waals surface area contributed by atoms with Crippen molar-refractivity contribution in [1.29, 1.82) is 0 Å². The minimum Gasteiger partial charge on any atom is -0.327 e. The number of urea groups is 1. The third-order valence-electron chi connectivity index (χ3n) is 1.27. The highest BCUT2D eigenvalue weighted by Gasteiger charge is 2.04. The van der Waals surface area contributed by atoms with Gasteiger partial charge in [-0.3, -0.25) is 0 Å². The predicted octanol–water partition coefficient (Wildman–Crippen LogP) is 0.331. The normalized spacial score (nSPS) is 10.6. The molecule has 0 radical (unpaired) electrons. The molecule has 0 aromatic carbocycles. The zero-order chi connectivity index (χ0) is 9.40. The zero-order valence-electron chi connectivity index (χ0n) is 7.05. The molecule has 2 amide bonds. The summed E-state index contributed by atoms with van der Waals surface area (Å²) in [6, 6.07) is -0.541. The molecule has 0 aliphatic carbocycles. The number of hydrogen-bond donors (Lipinski definition) is 2. The summed E-state index contributed by atoms with van der Waals surface area (Å²) >= 11 is 0. The molecular weight excluding hydrogens is 152 g/mol. The van der Waals surface area contributed by atoms with E-state index in [9.17, 15) is 4.79 Å². The molecule has 0 rings (SSSR count). The van der Waals surface area contributed by atoms with Crippen LogP contribution >= 0.6 is 0 Å². The van der Waals surface area contributed by atoms with Crippen LogP contribution in [0.5, 0.6) is 0 Å². The summed E-state index contributed by atoms with van der Waals surface area (Å²) in [5.74, 6) is 4.72. The predicted molar refractivity (Wildman–Crippen MR) is 48.3 cm³/mol. The Hall–Kier alpha value is -1.61. The van der Waals surface area contributed by atoms with Gasteiger partial charge >= 0.3 is 6.03 Å². The van der Waals surface area contributed by atoms with Crippen LogP contribution in [0.3, 0.4) is 0 Å². The van der Waals surface area contributed by atoms with Crippen LogP contribution in [0.25, 0.3) is 0 Å². The van der Waals surface area contributed by atoms with Crippen molar-refractivity contribution >= 4 is 6.03 Å². The third kappa shape index (κ3) is 4.24. The lowest BCUT2D eigenvalue weighted by molar-refractivity contribution is 0.240. The van der Waals surface area contributed by atoms with E-state index in [4.69, 9.17) is 12.8 Å². The maximum atomic E-state index is 10.9. The Balaban J connectivity index is 3.70. The van der Waals surface area contributed by atoms with Gasteiger partial charge in [-0.15, -0.1) is 12.8 Å². The first-order chi connectivity index (χ1) is 5.74. The van der Waals surface area contributed by atoms with E-state index >= 15 is 0 Å². The van der Waals surface area contributed by atoms with Gasteiger partial charge in [-0.05, 0) is 6.42 Å². The number of nitrogens with one attached hydrogen (secondary N) is 2. The lowest BCUT2D eigenvalue weighted by Crippen LogP contribution is -2.41. The number of carbonyl (C=O) groups excluding carboxylic acids is 1. The number of amides is 2. The van der Waals surface area contributed by atoms with Crippen LogP contribution in [-0.4, -0.2) is 18.6 Å². The van der Waals surface area contributed by atoms with Crippen LogP contribution in [0, 0.1) is 24.7 Å². The Kier molecular flexibility index (Phi) is 5.30. The van der Waals surface area contributed by atoms with Gasteiger partial charge in [0.1, 0.15) is 0 Å². The first-order valence-electron chi connectivity index (χ1n) is 3.68. The van der Waals surface area contributed by atoms with Crippen LogP contribution in [0.15, 0.2) is 0 Å². The Labute approximate surface area is 72.9 Å². The van der Waals surface area contributed by atoms with Gasteiger partial charge in [0.25, 0.3) is 0 Å². The monoisotopic (exact) mass is 164 g/mol. The smallest absolute Gasteiger partial charge is 0.316 e.